The Morgan fingerprint density at radius 3 is 2.00 bits per heavy atom. The van der Waals surface area contributed by atoms with E-state index in [1.165, 1.54) is 25.7 Å². The third-order valence-corrected chi connectivity index (χ3v) is 3.17. The Balaban J connectivity index is 1.83. The standard InChI is InChI=1S/C11H18N2OS/c12-10(15)5-11(14)13(6-8-1-2-8)7-9-3-4-9/h8-9H,1-7H2,(H2,12,15). The zero-order valence-electron chi connectivity index (χ0n) is 8.95. The van der Waals surface area contributed by atoms with Gasteiger partial charge in [-0.3, -0.25) is 4.79 Å². The minimum absolute atomic E-state index is 0.126. The van der Waals surface area contributed by atoms with Crippen molar-refractivity contribution < 1.29 is 4.79 Å². The Morgan fingerprint density at radius 2 is 1.67 bits per heavy atom. The lowest BCUT2D eigenvalue weighted by Gasteiger charge is -2.22. The first-order valence-corrected chi connectivity index (χ1v) is 6.12. The predicted molar refractivity (Wildman–Crippen MR) is 63.4 cm³/mol. The predicted octanol–water partition coefficient (Wildman–Crippen LogP) is 1.31. The minimum Gasteiger partial charge on any atom is -0.393 e. The van der Waals surface area contributed by atoms with Crippen LogP contribution in [0.25, 0.3) is 0 Å². The van der Waals surface area contributed by atoms with Crippen LogP contribution in [0.15, 0.2) is 0 Å². The average molecular weight is 226 g/mol. The fourth-order valence-corrected chi connectivity index (χ4v) is 1.89. The van der Waals surface area contributed by atoms with Gasteiger partial charge in [-0.15, -0.1) is 0 Å². The van der Waals surface area contributed by atoms with Gasteiger partial charge in [-0.1, -0.05) is 12.2 Å². The second kappa shape index (κ2) is 4.47. The molecule has 0 heterocycles. The number of thiocarbonyl (C=S) groups is 1. The van der Waals surface area contributed by atoms with E-state index in [2.05, 4.69) is 0 Å². The number of hydrogen-bond acceptors (Lipinski definition) is 2. The monoisotopic (exact) mass is 226 g/mol. The van der Waals surface area contributed by atoms with E-state index in [9.17, 15) is 4.79 Å². The van der Waals surface area contributed by atoms with E-state index in [0.717, 1.165) is 24.9 Å². The molecule has 15 heavy (non-hydrogen) atoms. The molecule has 84 valence electrons. The van der Waals surface area contributed by atoms with Crippen LogP contribution in [-0.2, 0) is 4.79 Å². The van der Waals surface area contributed by atoms with Gasteiger partial charge in [-0.25, -0.2) is 0 Å². The molecular weight excluding hydrogens is 208 g/mol. The number of nitrogens with two attached hydrogens (primary N) is 1. The Morgan fingerprint density at radius 1 is 1.20 bits per heavy atom. The fourth-order valence-electron chi connectivity index (χ4n) is 1.76. The smallest absolute Gasteiger partial charge is 0.229 e. The van der Waals surface area contributed by atoms with Crippen LogP contribution in [0.3, 0.4) is 0 Å². The van der Waals surface area contributed by atoms with E-state index in [4.69, 9.17) is 18.0 Å². The molecule has 0 aliphatic heterocycles. The lowest BCUT2D eigenvalue weighted by atomic mass is 10.2. The first-order chi connectivity index (χ1) is 7.15. The summed E-state index contributed by atoms with van der Waals surface area (Å²) in [6.07, 6.45) is 5.36. The van der Waals surface area contributed by atoms with Crippen molar-refractivity contribution in [1.29, 1.82) is 0 Å². The topological polar surface area (TPSA) is 46.3 Å². The summed E-state index contributed by atoms with van der Waals surface area (Å²) in [6, 6.07) is 0. The van der Waals surface area contributed by atoms with Crippen LogP contribution in [-0.4, -0.2) is 28.9 Å². The van der Waals surface area contributed by atoms with Gasteiger partial charge in [0, 0.05) is 13.1 Å². The molecule has 1 amide bonds. The van der Waals surface area contributed by atoms with Crippen molar-refractivity contribution in [2.45, 2.75) is 32.1 Å². The fraction of sp³-hybridized carbons (Fsp3) is 0.818. The molecule has 2 fully saturated rings. The van der Waals surface area contributed by atoms with E-state index in [1.54, 1.807) is 0 Å². The molecule has 0 radical (unpaired) electrons. The lowest BCUT2D eigenvalue weighted by Crippen LogP contribution is -2.36. The highest BCUT2D eigenvalue weighted by Gasteiger charge is 2.31. The highest BCUT2D eigenvalue weighted by Crippen LogP contribution is 2.33. The molecule has 2 aliphatic rings. The summed E-state index contributed by atoms with van der Waals surface area (Å²) >= 11 is 4.78. The Labute approximate surface area is 96.0 Å². The zero-order valence-corrected chi connectivity index (χ0v) is 9.76. The molecule has 0 aromatic carbocycles. The third kappa shape index (κ3) is 3.78. The van der Waals surface area contributed by atoms with E-state index in [1.807, 2.05) is 4.90 Å². The maximum atomic E-state index is 11.8. The molecule has 2 aliphatic carbocycles. The van der Waals surface area contributed by atoms with E-state index in [-0.39, 0.29) is 12.3 Å². The molecule has 2 rings (SSSR count). The lowest BCUT2D eigenvalue weighted by molar-refractivity contribution is -0.130. The van der Waals surface area contributed by atoms with E-state index in [0.29, 0.717) is 4.99 Å². The number of nitrogens with zero attached hydrogens (tertiary/aromatic N) is 1. The average Bonchev–Trinajstić information content (AvgIpc) is 2.95. The number of hydrogen-bond donors (Lipinski definition) is 1. The van der Waals surface area contributed by atoms with Gasteiger partial charge >= 0.3 is 0 Å². The largest absolute Gasteiger partial charge is 0.393 e. The number of amides is 1. The Hall–Kier alpha value is -0.640. The van der Waals surface area contributed by atoms with Crippen LogP contribution in [0.2, 0.25) is 0 Å². The van der Waals surface area contributed by atoms with Crippen LogP contribution < -0.4 is 5.73 Å². The van der Waals surface area contributed by atoms with Crippen molar-refractivity contribution in [3.63, 3.8) is 0 Å². The summed E-state index contributed by atoms with van der Waals surface area (Å²) in [5.41, 5.74) is 5.41. The molecule has 0 spiro atoms. The van der Waals surface area contributed by atoms with E-state index < -0.39 is 0 Å². The SMILES string of the molecule is NC(=S)CC(=O)N(CC1CC1)CC1CC1. The maximum absolute atomic E-state index is 11.8. The highest BCUT2D eigenvalue weighted by molar-refractivity contribution is 7.80. The van der Waals surface area contributed by atoms with Crippen LogP contribution in [0.4, 0.5) is 0 Å². The van der Waals surface area contributed by atoms with Crippen molar-refractivity contribution in [2.75, 3.05) is 13.1 Å². The Kier molecular flexibility index (Phi) is 3.24. The quantitative estimate of drug-likeness (QED) is 0.695. The van der Waals surface area contributed by atoms with E-state index >= 15 is 0 Å². The van der Waals surface area contributed by atoms with Crippen molar-refractivity contribution in [2.24, 2.45) is 17.6 Å². The molecule has 2 N–H and O–H groups in total. The van der Waals surface area contributed by atoms with Crippen molar-refractivity contribution in [3.8, 4) is 0 Å². The van der Waals surface area contributed by atoms with Gasteiger partial charge in [-0.05, 0) is 37.5 Å². The van der Waals surface area contributed by atoms with Crippen LogP contribution in [0, 0.1) is 11.8 Å². The number of carbonyl (C=O) groups excluding carboxylic acids is 1. The van der Waals surface area contributed by atoms with Gasteiger partial charge in [0.2, 0.25) is 5.91 Å². The molecule has 0 atom stereocenters. The van der Waals surface area contributed by atoms with Gasteiger partial charge in [-0.2, -0.15) is 0 Å². The summed E-state index contributed by atoms with van der Waals surface area (Å²) < 4.78 is 0. The highest BCUT2D eigenvalue weighted by atomic mass is 32.1. The maximum Gasteiger partial charge on any atom is 0.229 e. The summed E-state index contributed by atoms with van der Waals surface area (Å²) in [4.78, 5) is 14.1. The first-order valence-electron chi connectivity index (χ1n) is 5.71. The molecule has 0 aromatic heterocycles. The van der Waals surface area contributed by atoms with Gasteiger partial charge in [0.15, 0.2) is 0 Å². The normalized spacial score (nSPS) is 20.0. The zero-order chi connectivity index (χ0) is 10.8. The minimum atomic E-state index is 0.126. The second-order valence-electron chi connectivity index (χ2n) is 4.83. The third-order valence-electron chi connectivity index (χ3n) is 3.03. The molecule has 0 unspecified atom stereocenters. The molecule has 0 saturated heterocycles. The van der Waals surface area contributed by atoms with Crippen molar-refractivity contribution >= 4 is 23.1 Å². The van der Waals surface area contributed by atoms with Gasteiger partial charge < -0.3 is 10.6 Å². The van der Waals surface area contributed by atoms with Crippen LogP contribution in [0.5, 0.6) is 0 Å². The summed E-state index contributed by atoms with van der Waals surface area (Å²) in [7, 11) is 0. The second-order valence-corrected chi connectivity index (χ2v) is 5.35. The summed E-state index contributed by atoms with van der Waals surface area (Å²) in [6.45, 7) is 1.86. The first kappa shape index (κ1) is 10.9. The number of rotatable bonds is 6. The van der Waals surface area contributed by atoms with Gasteiger partial charge in [0.1, 0.15) is 0 Å². The van der Waals surface area contributed by atoms with Gasteiger partial charge in [0.25, 0.3) is 0 Å². The number of carbonyl (C=O) groups is 1. The summed E-state index contributed by atoms with van der Waals surface area (Å²) in [5, 5.41) is 0. The van der Waals surface area contributed by atoms with Crippen LogP contribution in [0.1, 0.15) is 32.1 Å². The summed E-state index contributed by atoms with van der Waals surface area (Å²) in [5.74, 6) is 1.62. The molecular formula is C11H18N2OS. The molecule has 2 saturated carbocycles. The Bertz CT molecular complexity index is 258. The van der Waals surface area contributed by atoms with Crippen molar-refractivity contribution in [3.05, 3.63) is 0 Å². The van der Waals surface area contributed by atoms with Gasteiger partial charge in [0.05, 0.1) is 11.4 Å². The molecule has 0 aromatic rings. The molecule has 4 heteroatoms. The van der Waals surface area contributed by atoms with Crippen molar-refractivity contribution in [1.82, 2.24) is 4.90 Å². The molecule has 3 nitrogen and oxygen atoms in total. The molecule has 0 bridgehead atoms. The van der Waals surface area contributed by atoms with Crippen LogP contribution >= 0.6 is 12.2 Å².